The van der Waals surface area contributed by atoms with E-state index in [1.165, 1.54) is 4.90 Å². The number of methoxy groups -OCH3 is 1. The molecule has 3 aromatic rings. The molecule has 0 spiro atoms. The zero-order valence-electron chi connectivity index (χ0n) is 18.3. The third kappa shape index (κ3) is 6.70. The summed E-state index contributed by atoms with van der Waals surface area (Å²) in [5.74, 6) is 1.05. The Morgan fingerprint density at radius 1 is 0.938 bits per heavy atom. The molecule has 7 heteroatoms. The van der Waals surface area contributed by atoms with Crippen LogP contribution in [0.5, 0.6) is 0 Å². The average molecular weight is 455 g/mol. The van der Waals surface area contributed by atoms with Crippen molar-refractivity contribution in [3.63, 3.8) is 0 Å². The smallest absolute Gasteiger partial charge is 0.254 e. The minimum absolute atomic E-state index is 0.0721. The first-order chi connectivity index (χ1) is 15.5. The Morgan fingerprint density at radius 2 is 1.66 bits per heavy atom. The molecule has 1 aromatic heterocycles. The van der Waals surface area contributed by atoms with Gasteiger partial charge in [0.1, 0.15) is 18.1 Å². The fourth-order valence-corrected chi connectivity index (χ4v) is 3.41. The van der Waals surface area contributed by atoms with Crippen molar-refractivity contribution < 1.29 is 18.7 Å². The lowest BCUT2D eigenvalue weighted by atomic mass is 10.2. The van der Waals surface area contributed by atoms with Gasteiger partial charge in [0.15, 0.2) is 0 Å². The highest BCUT2D eigenvalue weighted by molar-refractivity contribution is 6.30. The lowest BCUT2D eigenvalue weighted by molar-refractivity contribution is -0.133. The van der Waals surface area contributed by atoms with Gasteiger partial charge in [-0.05, 0) is 48.9 Å². The first-order valence-corrected chi connectivity index (χ1v) is 10.7. The molecule has 32 heavy (non-hydrogen) atoms. The Morgan fingerprint density at radius 3 is 2.28 bits per heavy atom. The van der Waals surface area contributed by atoms with E-state index in [4.69, 9.17) is 20.8 Å². The number of furan rings is 1. The molecule has 0 bridgehead atoms. The molecule has 0 fully saturated rings. The molecule has 0 N–H and O–H groups in total. The number of halogens is 1. The fraction of sp³-hybridized carbons (Fsp3) is 0.280. The number of aryl methyl sites for hydroxylation is 1. The van der Waals surface area contributed by atoms with Crippen molar-refractivity contribution in [2.45, 2.75) is 20.0 Å². The molecular formula is C25H27ClN2O4. The van der Waals surface area contributed by atoms with Crippen LogP contribution in [0.15, 0.2) is 71.1 Å². The normalized spacial score (nSPS) is 10.7. The quantitative estimate of drug-likeness (QED) is 0.450. The summed E-state index contributed by atoms with van der Waals surface area (Å²) in [5.41, 5.74) is 1.46. The number of benzene rings is 2. The van der Waals surface area contributed by atoms with Crippen LogP contribution in [-0.4, -0.2) is 48.4 Å². The van der Waals surface area contributed by atoms with Crippen LogP contribution < -0.4 is 0 Å². The van der Waals surface area contributed by atoms with Crippen LogP contribution in [0.4, 0.5) is 0 Å². The number of rotatable bonds is 10. The Bertz CT molecular complexity index is 1020. The van der Waals surface area contributed by atoms with E-state index in [1.807, 2.05) is 49.4 Å². The number of nitrogens with zero attached hydrogens (tertiary/aromatic N) is 2. The van der Waals surface area contributed by atoms with Gasteiger partial charge in [-0.1, -0.05) is 41.9 Å². The maximum atomic E-state index is 13.4. The highest BCUT2D eigenvalue weighted by atomic mass is 35.5. The van der Waals surface area contributed by atoms with Gasteiger partial charge in [0.25, 0.3) is 5.91 Å². The van der Waals surface area contributed by atoms with Gasteiger partial charge in [0.2, 0.25) is 5.91 Å². The molecule has 1 heterocycles. The Hall–Kier alpha value is -3.09. The molecule has 0 aliphatic rings. The van der Waals surface area contributed by atoms with Crippen molar-refractivity contribution in [2.75, 3.05) is 26.8 Å². The second kappa shape index (κ2) is 11.5. The van der Waals surface area contributed by atoms with Crippen LogP contribution in [0.1, 0.15) is 27.4 Å². The van der Waals surface area contributed by atoms with E-state index in [1.54, 1.807) is 36.3 Å². The Balaban J connectivity index is 1.79. The van der Waals surface area contributed by atoms with Gasteiger partial charge < -0.3 is 19.0 Å². The molecule has 0 saturated carbocycles. The van der Waals surface area contributed by atoms with Crippen molar-refractivity contribution >= 4 is 23.4 Å². The Labute approximate surface area is 193 Å². The minimum atomic E-state index is -0.249. The maximum Gasteiger partial charge on any atom is 0.254 e. The van der Waals surface area contributed by atoms with Crippen LogP contribution in [0.3, 0.4) is 0 Å². The second-order valence-corrected chi connectivity index (χ2v) is 7.91. The zero-order valence-corrected chi connectivity index (χ0v) is 19.0. The van der Waals surface area contributed by atoms with Crippen LogP contribution in [-0.2, 0) is 22.6 Å². The van der Waals surface area contributed by atoms with Gasteiger partial charge in [-0.25, -0.2) is 0 Å². The lowest BCUT2D eigenvalue weighted by Crippen LogP contribution is -2.43. The number of hydrogen-bond acceptors (Lipinski definition) is 4. The monoisotopic (exact) mass is 454 g/mol. The van der Waals surface area contributed by atoms with E-state index in [-0.39, 0.29) is 18.4 Å². The Kier molecular flexibility index (Phi) is 8.48. The molecular weight excluding hydrogens is 428 g/mol. The molecule has 2 amide bonds. The summed E-state index contributed by atoms with van der Waals surface area (Å²) in [6, 6.07) is 20.1. The van der Waals surface area contributed by atoms with E-state index in [9.17, 15) is 9.59 Å². The van der Waals surface area contributed by atoms with Crippen molar-refractivity contribution in [1.29, 1.82) is 0 Å². The SMILES string of the molecule is COCCN(CC(=O)N(Cc1ccccc1)Cc1ccc(C)o1)C(=O)c1ccc(Cl)cc1. The first kappa shape index (κ1) is 23.6. The van der Waals surface area contributed by atoms with Crippen LogP contribution in [0.25, 0.3) is 0 Å². The van der Waals surface area contributed by atoms with Gasteiger partial charge in [-0.15, -0.1) is 0 Å². The molecule has 0 saturated heterocycles. The summed E-state index contributed by atoms with van der Waals surface area (Å²) < 4.78 is 10.9. The van der Waals surface area contributed by atoms with E-state index >= 15 is 0 Å². The molecule has 0 aliphatic carbocycles. The molecule has 168 valence electrons. The number of carbonyl (C=O) groups excluding carboxylic acids is 2. The van der Waals surface area contributed by atoms with Crippen LogP contribution >= 0.6 is 11.6 Å². The number of hydrogen-bond donors (Lipinski definition) is 0. The van der Waals surface area contributed by atoms with Crippen LogP contribution in [0, 0.1) is 6.92 Å². The standard InChI is InChI=1S/C25H27ClN2O4/c1-19-8-13-23(32-19)17-28(16-20-6-4-3-5-7-20)24(29)18-27(14-15-31-2)25(30)21-9-11-22(26)12-10-21/h3-13H,14-18H2,1-2H3. The van der Waals surface area contributed by atoms with Gasteiger partial charge in [-0.2, -0.15) is 0 Å². The van der Waals surface area contributed by atoms with E-state index in [2.05, 4.69) is 0 Å². The van der Waals surface area contributed by atoms with E-state index in [0.717, 1.165) is 11.3 Å². The van der Waals surface area contributed by atoms with Crippen molar-refractivity contribution in [3.05, 3.63) is 94.4 Å². The summed E-state index contributed by atoms with van der Waals surface area (Å²) in [4.78, 5) is 29.6. The van der Waals surface area contributed by atoms with Gasteiger partial charge >= 0.3 is 0 Å². The second-order valence-electron chi connectivity index (χ2n) is 7.47. The number of ether oxygens (including phenoxy) is 1. The molecule has 0 radical (unpaired) electrons. The predicted molar refractivity (Wildman–Crippen MR) is 123 cm³/mol. The molecule has 3 rings (SSSR count). The summed E-state index contributed by atoms with van der Waals surface area (Å²) in [7, 11) is 1.56. The molecule has 2 aromatic carbocycles. The van der Waals surface area contributed by atoms with Gasteiger partial charge in [0, 0.05) is 30.8 Å². The molecule has 0 aliphatic heterocycles. The minimum Gasteiger partial charge on any atom is -0.464 e. The van der Waals surface area contributed by atoms with Crippen molar-refractivity contribution in [2.24, 2.45) is 0 Å². The zero-order chi connectivity index (χ0) is 22.9. The van der Waals surface area contributed by atoms with E-state index in [0.29, 0.717) is 42.6 Å². The largest absolute Gasteiger partial charge is 0.464 e. The lowest BCUT2D eigenvalue weighted by Gasteiger charge is -2.27. The topological polar surface area (TPSA) is 63.0 Å². The van der Waals surface area contributed by atoms with Crippen molar-refractivity contribution in [3.8, 4) is 0 Å². The summed E-state index contributed by atoms with van der Waals surface area (Å²) >= 11 is 5.95. The summed E-state index contributed by atoms with van der Waals surface area (Å²) in [6.07, 6.45) is 0. The highest BCUT2D eigenvalue weighted by Gasteiger charge is 2.23. The average Bonchev–Trinajstić information content (AvgIpc) is 3.21. The fourth-order valence-electron chi connectivity index (χ4n) is 3.29. The molecule has 0 unspecified atom stereocenters. The number of carbonyl (C=O) groups is 2. The van der Waals surface area contributed by atoms with Gasteiger partial charge in [-0.3, -0.25) is 9.59 Å². The maximum absolute atomic E-state index is 13.4. The van der Waals surface area contributed by atoms with Crippen LogP contribution in [0.2, 0.25) is 5.02 Å². The summed E-state index contributed by atoms with van der Waals surface area (Å²) in [5, 5.41) is 0.545. The highest BCUT2D eigenvalue weighted by Crippen LogP contribution is 2.15. The first-order valence-electron chi connectivity index (χ1n) is 10.4. The molecule has 6 nitrogen and oxygen atoms in total. The van der Waals surface area contributed by atoms with Crippen molar-refractivity contribution in [1.82, 2.24) is 9.80 Å². The van der Waals surface area contributed by atoms with Gasteiger partial charge in [0.05, 0.1) is 13.2 Å². The third-order valence-corrected chi connectivity index (χ3v) is 5.23. The predicted octanol–water partition coefficient (Wildman–Crippen LogP) is 4.56. The van der Waals surface area contributed by atoms with E-state index < -0.39 is 0 Å². The third-order valence-electron chi connectivity index (χ3n) is 4.98. The molecule has 0 atom stereocenters. The summed E-state index contributed by atoms with van der Waals surface area (Å²) in [6.45, 7) is 3.13. The number of amides is 2.